The average Bonchev–Trinajstić information content (AvgIpc) is 3.25. The van der Waals surface area contributed by atoms with Gasteiger partial charge < -0.3 is 11.5 Å². The van der Waals surface area contributed by atoms with Gasteiger partial charge in [0, 0.05) is 29.3 Å². The smallest absolute Gasteiger partial charge is 0.0937 e. The fraction of sp³-hybridized carbons (Fsp3) is 0.371. The lowest BCUT2D eigenvalue weighted by atomic mass is 9.67. The van der Waals surface area contributed by atoms with Gasteiger partial charge >= 0.3 is 0 Å². The number of anilines is 2. The third-order valence-electron chi connectivity index (χ3n) is 8.29. The van der Waals surface area contributed by atoms with Crippen molar-refractivity contribution >= 4 is 11.4 Å². The van der Waals surface area contributed by atoms with Gasteiger partial charge in [-0.05, 0) is 64.6 Å². The molecule has 4 heteroatoms. The van der Waals surface area contributed by atoms with Gasteiger partial charge in [-0.15, -0.1) is 0 Å². The van der Waals surface area contributed by atoms with E-state index < -0.39 is 5.41 Å². The number of nitrogens with zero attached hydrogens (tertiary/aromatic N) is 2. The number of nitrogen functional groups attached to an aromatic ring is 2. The van der Waals surface area contributed by atoms with E-state index in [2.05, 4.69) is 76.2 Å². The highest BCUT2D eigenvalue weighted by Gasteiger charge is 2.49. The SMILES string of the molecule is CCCc1cc(C2(c3cc(CCC)c(N)c(CCC)c3)c3ccccc3-c3nccnc32)cc(CCC)c1N. The van der Waals surface area contributed by atoms with Gasteiger partial charge in [0.05, 0.1) is 16.8 Å². The van der Waals surface area contributed by atoms with Crippen LogP contribution in [0.2, 0.25) is 0 Å². The van der Waals surface area contributed by atoms with Crippen molar-refractivity contribution in [1.29, 1.82) is 0 Å². The molecule has 5 rings (SSSR count). The van der Waals surface area contributed by atoms with Crippen LogP contribution in [0.25, 0.3) is 11.3 Å². The van der Waals surface area contributed by atoms with Crippen molar-refractivity contribution in [3.05, 3.63) is 106 Å². The van der Waals surface area contributed by atoms with Gasteiger partial charge in [0.25, 0.3) is 0 Å². The van der Waals surface area contributed by atoms with E-state index in [9.17, 15) is 0 Å². The highest BCUT2D eigenvalue weighted by Crippen LogP contribution is 2.55. The molecule has 1 aliphatic rings. The molecule has 4 N–H and O–H groups in total. The molecule has 202 valence electrons. The van der Waals surface area contributed by atoms with E-state index in [0.717, 1.165) is 79.7 Å². The molecule has 1 aliphatic carbocycles. The van der Waals surface area contributed by atoms with Gasteiger partial charge in [0.2, 0.25) is 0 Å². The Hall–Kier alpha value is -3.66. The minimum Gasteiger partial charge on any atom is -0.398 e. The van der Waals surface area contributed by atoms with Crippen molar-refractivity contribution in [3.63, 3.8) is 0 Å². The predicted octanol–water partition coefficient (Wildman–Crippen LogP) is 7.81. The van der Waals surface area contributed by atoms with Crippen molar-refractivity contribution in [1.82, 2.24) is 9.97 Å². The van der Waals surface area contributed by atoms with Crippen LogP contribution in [0.1, 0.15) is 98.0 Å². The normalized spacial score (nSPS) is 13.3. The molecule has 0 saturated carbocycles. The standard InChI is InChI=1S/C35H42N4/c1-5-11-23-19-27(20-24(12-6-2)31(23)36)35(28-21-25(13-7-3)32(37)26(22-28)14-8-4)30-16-10-9-15-29(30)33-34(35)39-18-17-38-33/h9-10,15-22H,5-8,11-14,36-37H2,1-4H3. The molecule has 0 unspecified atom stereocenters. The summed E-state index contributed by atoms with van der Waals surface area (Å²) in [7, 11) is 0. The minimum atomic E-state index is -0.600. The maximum Gasteiger partial charge on any atom is 0.0937 e. The van der Waals surface area contributed by atoms with Gasteiger partial charge in [-0.3, -0.25) is 9.97 Å². The quantitative estimate of drug-likeness (QED) is 0.185. The molecule has 0 bridgehead atoms. The van der Waals surface area contributed by atoms with E-state index in [1.54, 1.807) is 0 Å². The van der Waals surface area contributed by atoms with Crippen LogP contribution in [0, 0.1) is 0 Å². The summed E-state index contributed by atoms with van der Waals surface area (Å²) < 4.78 is 0. The number of aromatic nitrogens is 2. The van der Waals surface area contributed by atoms with E-state index in [1.807, 2.05) is 12.4 Å². The molecule has 4 nitrogen and oxygen atoms in total. The summed E-state index contributed by atoms with van der Waals surface area (Å²) in [5, 5.41) is 0. The maximum absolute atomic E-state index is 6.80. The number of rotatable bonds is 10. The number of aryl methyl sites for hydroxylation is 4. The summed E-state index contributed by atoms with van der Waals surface area (Å²) in [4.78, 5) is 10.0. The van der Waals surface area contributed by atoms with E-state index in [4.69, 9.17) is 21.4 Å². The summed E-state index contributed by atoms with van der Waals surface area (Å²) in [5.74, 6) is 0. The van der Waals surface area contributed by atoms with Crippen molar-refractivity contribution in [2.45, 2.75) is 84.5 Å². The Morgan fingerprint density at radius 3 is 1.51 bits per heavy atom. The lowest BCUT2D eigenvalue weighted by Gasteiger charge is -2.35. The Morgan fingerprint density at radius 2 is 1.05 bits per heavy atom. The number of fused-ring (bicyclic) bond motifs is 3. The Morgan fingerprint density at radius 1 is 0.615 bits per heavy atom. The molecular weight excluding hydrogens is 476 g/mol. The lowest BCUT2D eigenvalue weighted by Crippen LogP contribution is -2.31. The maximum atomic E-state index is 6.80. The van der Waals surface area contributed by atoms with Gasteiger partial charge in [-0.2, -0.15) is 0 Å². The highest BCUT2D eigenvalue weighted by atomic mass is 14.8. The number of benzene rings is 3. The van der Waals surface area contributed by atoms with Crippen LogP contribution in [-0.4, -0.2) is 9.97 Å². The van der Waals surface area contributed by atoms with Gasteiger partial charge in [0.15, 0.2) is 0 Å². The second-order valence-corrected chi connectivity index (χ2v) is 11.0. The van der Waals surface area contributed by atoms with E-state index in [-0.39, 0.29) is 0 Å². The summed E-state index contributed by atoms with van der Waals surface area (Å²) >= 11 is 0. The topological polar surface area (TPSA) is 77.8 Å². The Balaban J connectivity index is 1.95. The first-order chi connectivity index (χ1) is 19.0. The Bertz CT molecular complexity index is 1320. The fourth-order valence-electron chi connectivity index (χ4n) is 6.60. The second-order valence-electron chi connectivity index (χ2n) is 11.0. The highest BCUT2D eigenvalue weighted by molar-refractivity contribution is 5.83. The molecule has 3 aromatic carbocycles. The fourth-order valence-corrected chi connectivity index (χ4v) is 6.60. The first-order valence-corrected chi connectivity index (χ1v) is 14.8. The summed E-state index contributed by atoms with van der Waals surface area (Å²) in [6, 6.07) is 18.1. The Labute approximate surface area is 233 Å². The zero-order valence-electron chi connectivity index (χ0n) is 24.0. The zero-order valence-corrected chi connectivity index (χ0v) is 24.0. The molecule has 4 aromatic rings. The second kappa shape index (κ2) is 11.2. The third-order valence-corrected chi connectivity index (χ3v) is 8.29. The molecule has 0 saturated heterocycles. The number of hydrogen-bond acceptors (Lipinski definition) is 4. The van der Waals surface area contributed by atoms with Crippen LogP contribution in [0.3, 0.4) is 0 Å². The molecule has 0 aliphatic heterocycles. The van der Waals surface area contributed by atoms with Crippen molar-refractivity contribution in [2.24, 2.45) is 0 Å². The van der Waals surface area contributed by atoms with Gasteiger partial charge in [0.1, 0.15) is 0 Å². The van der Waals surface area contributed by atoms with Crippen LogP contribution in [0.5, 0.6) is 0 Å². The van der Waals surface area contributed by atoms with Crippen molar-refractivity contribution < 1.29 is 0 Å². The Kier molecular flexibility index (Phi) is 7.74. The third kappa shape index (κ3) is 4.40. The molecule has 1 heterocycles. The van der Waals surface area contributed by atoms with Crippen molar-refractivity contribution in [2.75, 3.05) is 11.5 Å². The van der Waals surface area contributed by atoms with Crippen LogP contribution < -0.4 is 11.5 Å². The average molecular weight is 519 g/mol. The first kappa shape index (κ1) is 26.9. The predicted molar refractivity (Wildman–Crippen MR) is 164 cm³/mol. The monoisotopic (exact) mass is 518 g/mol. The van der Waals surface area contributed by atoms with Crippen LogP contribution in [-0.2, 0) is 31.1 Å². The molecule has 0 fully saturated rings. The lowest BCUT2D eigenvalue weighted by molar-refractivity contribution is 0.723. The largest absolute Gasteiger partial charge is 0.398 e. The first-order valence-electron chi connectivity index (χ1n) is 14.8. The molecule has 0 spiro atoms. The van der Waals surface area contributed by atoms with Crippen LogP contribution in [0.15, 0.2) is 60.9 Å². The molecule has 1 aromatic heterocycles. The minimum absolute atomic E-state index is 0.600. The number of hydrogen-bond donors (Lipinski definition) is 2. The van der Waals surface area contributed by atoms with Crippen LogP contribution >= 0.6 is 0 Å². The molecule has 0 atom stereocenters. The number of nitrogens with two attached hydrogens (primary N) is 2. The van der Waals surface area contributed by atoms with E-state index >= 15 is 0 Å². The van der Waals surface area contributed by atoms with E-state index in [0.29, 0.717) is 0 Å². The van der Waals surface area contributed by atoms with Gasteiger partial charge in [-0.1, -0.05) is 102 Å². The summed E-state index contributed by atoms with van der Waals surface area (Å²) in [6.07, 6.45) is 11.6. The molecule has 0 amide bonds. The molecular formula is C35H42N4. The molecule has 0 radical (unpaired) electrons. The van der Waals surface area contributed by atoms with Gasteiger partial charge in [-0.25, -0.2) is 0 Å². The van der Waals surface area contributed by atoms with Crippen LogP contribution in [0.4, 0.5) is 11.4 Å². The zero-order chi connectivity index (χ0) is 27.6. The van der Waals surface area contributed by atoms with Crippen molar-refractivity contribution in [3.8, 4) is 11.3 Å². The summed E-state index contributed by atoms with van der Waals surface area (Å²) in [5.41, 5.74) is 26.6. The molecule has 39 heavy (non-hydrogen) atoms. The summed E-state index contributed by atoms with van der Waals surface area (Å²) in [6.45, 7) is 8.89. The van der Waals surface area contributed by atoms with E-state index in [1.165, 1.54) is 38.9 Å².